The molecule has 0 spiro atoms. The molecular weight excluding hydrogens is 188 g/mol. The van der Waals surface area contributed by atoms with Crippen LogP contribution in [0.4, 0.5) is 0 Å². The third-order valence-corrected chi connectivity index (χ3v) is 2.21. The van der Waals surface area contributed by atoms with Crippen LogP contribution in [0.25, 0.3) is 0 Å². The molecule has 0 amide bonds. The Morgan fingerprint density at radius 3 is 2.93 bits per heavy atom. The number of aromatic nitrogens is 1. The highest BCUT2D eigenvalue weighted by atomic mass is 16.5. The fraction of sp³-hybridized carbons (Fsp3) is 0.417. The van der Waals surface area contributed by atoms with Crippen LogP contribution in [0.2, 0.25) is 0 Å². The van der Waals surface area contributed by atoms with E-state index in [4.69, 9.17) is 13.9 Å². The van der Waals surface area contributed by atoms with Crippen molar-refractivity contribution in [2.24, 2.45) is 0 Å². The highest BCUT2D eigenvalue weighted by Crippen LogP contribution is 2.06. The van der Waals surface area contributed by atoms with Crippen molar-refractivity contribution < 1.29 is 7.48 Å². The first-order chi connectivity index (χ1) is 8.14. The van der Waals surface area contributed by atoms with E-state index in [1.807, 2.05) is 0 Å². The topological polar surface area (TPSA) is 25.4 Å². The lowest BCUT2D eigenvalue weighted by molar-refractivity contribution is 0.0341. The monoisotopic (exact) mass is 204 g/mol. The molecule has 0 atom stereocenters. The molecule has 0 radical (unpaired) electrons. The maximum absolute atomic E-state index is 8.13. The van der Waals surface area contributed by atoms with Gasteiger partial charge in [-0.15, -0.1) is 6.42 Å². The van der Waals surface area contributed by atoms with E-state index >= 15 is 0 Å². The van der Waals surface area contributed by atoms with E-state index in [2.05, 4.69) is 10.9 Å². The zero-order valence-electron chi connectivity index (χ0n) is 10.4. The molecular formula is C12H14N2O. The van der Waals surface area contributed by atoms with Crippen LogP contribution in [0.5, 0.6) is 0 Å². The summed E-state index contributed by atoms with van der Waals surface area (Å²) in [7, 11) is 0. The van der Waals surface area contributed by atoms with Gasteiger partial charge in [0.25, 0.3) is 0 Å². The standard InChI is InChI=1S/C12H14N2O/c1-2-12-4-3-11(9-13-12)10-14-5-7-15-8-6-14/h1,3-4,9H,5-8,10H2/i10D2. The average Bonchev–Trinajstić information content (AvgIpc) is 2.40. The normalized spacial score (nSPS) is 20.2. The minimum absolute atomic E-state index is 0.520. The Balaban J connectivity index is 2.20. The Labute approximate surface area is 92.9 Å². The van der Waals surface area contributed by atoms with Crippen LogP contribution in [0.15, 0.2) is 18.3 Å². The van der Waals surface area contributed by atoms with E-state index in [9.17, 15) is 0 Å². The van der Waals surface area contributed by atoms with E-state index in [-0.39, 0.29) is 0 Å². The smallest absolute Gasteiger partial charge is 0.112 e. The molecule has 1 saturated heterocycles. The van der Waals surface area contributed by atoms with Crippen LogP contribution in [0.3, 0.4) is 0 Å². The van der Waals surface area contributed by atoms with E-state index in [1.165, 1.54) is 6.20 Å². The lowest BCUT2D eigenvalue weighted by atomic mass is 10.2. The largest absolute Gasteiger partial charge is 0.379 e. The summed E-state index contributed by atoms with van der Waals surface area (Å²) in [4.78, 5) is 5.78. The van der Waals surface area contributed by atoms with Gasteiger partial charge in [0.15, 0.2) is 0 Å². The Morgan fingerprint density at radius 1 is 1.53 bits per heavy atom. The van der Waals surface area contributed by atoms with Crippen molar-refractivity contribution >= 4 is 0 Å². The van der Waals surface area contributed by atoms with Gasteiger partial charge in [0.05, 0.1) is 13.2 Å². The second-order valence-electron chi connectivity index (χ2n) is 3.29. The lowest BCUT2D eigenvalue weighted by Crippen LogP contribution is -2.35. The molecule has 1 aliphatic rings. The molecule has 0 bridgehead atoms. The summed E-state index contributed by atoms with van der Waals surface area (Å²) in [5.74, 6) is 2.42. The van der Waals surface area contributed by atoms with Crippen LogP contribution in [-0.2, 0) is 11.2 Å². The highest BCUT2D eigenvalue weighted by Gasteiger charge is 2.10. The fourth-order valence-corrected chi connectivity index (χ4v) is 1.40. The molecule has 2 heterocycles. The van der Waals surface area contributed by atoms with Gasteiger partial charge >= 0.3 is 0 Å². The fourth-order valence-electron chi connectivity index (χ4n) is 1.40. The molecule has 2 rings (SSSR count). The summed E-state index contributed by atoms with van der Waals surface area (Å²) in [6, 6.07) is 3.35. The van der Waals surface area contributed by atoms with Crippen LogP contribution < -0.4 is 0 Å². The van der Waals surface area contributed by atoms with Gasteiger partial charge in [0, 0.05) is 28.5 Å². The van der Waals surface area contributed by atoms with Crippen molar-refractivity contribution in [3.05, 3.63) is 29.6 Å². The van der Waals surface area contributed by atoms with Gasteiger partial charge in [-0.2, -0.15) is 0 Å². The number of terminal acetylenes is 1. The summed E-state index contributed by atoms with van der Waals surface area (Å²) in [6.45, 7) is 0.780. The third kappa shape index (κ3) is 2.79. The Hall–Kier alpha value is -1.37. The van der Waals surface area contributed by atoms with Crippen LogP contribution in [0.1, 0.15) is 14.0 Å². The molecule has 0 aromatic carbocycles. The lowest BCUT2D eigenvalue weighted by Gasteiger charge is -2.26. The van der Waals surface area contributed by atoms with E-state index in [0.29, 0.717) is 37.6 Å². The Morgan fingerprint density at radius 2 is 2.33 bits per heavy atom. The summed E-state index contributed by atoms with van der Waals surface area (Å²) in [5.41, 5.74) is 1.05. The van der Waals surface area contributed by atoms with E-state index in [0.717, 1.165) is 0 Å². The van der Waals surface area contributed by atoms with Crippen molar-refractivity contribution in [2.75, 3.05) is 26.3 Å². The first-order valence-corrected chi connectivity index (χ1v) is 4.90. The number of rotatable bonds is 2. The van der Waals surface area contributed by atoms with Crippen molar-refractivity contribution in [2.45, 2.75) is 6.50 Å². The predicted molar refractivity (Wildman–Crippen MR) is 58.3 cm³/mol. The van der Waals surface area contributed by atoms with Crippen LogP contribution in [-0.4, -0.2) is 36.2 Å². The second kappa shape index (κ2) is 4.92. The molecule has 0 unspecified atom stereocenters. The molecule has 1 aromatic rings. The number of morpholine rings is 1. The number of ether oxygens (including phenoxy) is 1. The molecule has 1 fully saturated rings. The minimum atomic E-state index is -1.52. The Kier molecular flexibility index (Phi) is 2.58. The number of pyridine rings is 1. The maximum Gasteiger partial charge on any atom is 0.112 e. The molecule has 0 saturated carbocycles. The quantitative estimate of drug-likeness (QED) is 0.669. The van der Waals surface area contributed by atoms with E-state index in [1.54, 1.807) is 17.0 Å². The molecule has 1 aromatic heterocycles. The SMILES string of the molecule is [2H]C([2H])(c1ccc(C#C)nc1)N1CCOCC1. The Bertz CT molecular complexity index is 419. The number of hydrogen-bond acceptors (Lipinski definition) is 3. The van der Waals surface area contributed by atoms with Crippen molar-refractivity contribution in [3.8, 4) is 12.3 Å². The average molecular weight is 204 g/mol. The first-order valence-electron chi connectivity index (χ1n) is 5.90. The summed E-state index contributed by atoms with van der Waals surface area (Å²) in [5, 5.41) is 0. The van der Waals surface area contributed by atoms with Gasteiger partial charge in [-0.1, -0.05) is 12.0 Å². The first kappa shape index (κ1) is 7.86. The molecule has 3 nitrogen and oxygen atoms in total. The van der Waals surface area contributed by atoms with Gasteiger partial charge in [-0.3, -0.25) is 4.90 Å². The summed E-state index contributed by atoms with van der Waals surface area (Å²) < 4.78 is 21.5. The van der Waals surface area contributed by atoms with Gasteiger partial charge in [-0.25, -0.2) is 4.98 Å². The highest BCUT2D eigenvalue weighted by molar-refractivity contribution is 5.26. The van der Waals surface area contributed by atoms with Gasteiger partial charge < -0.3 is 4.74 Å². The van der Waals surface area contributed by atoms with Crippen molar-refractivity contribution in [1.82, 2.24) is 9.88 Å². The van der Waals surface area contributed by atoms with Crippen LogP contribution in [0, 0.1) is 12.3 Å². The summed E-state index contributed by atoms with van der Waals surface area (Å²) in [6.07, 6.45) is 6.72. The second-order valence-corrected chi connectivity index (χ2v) is 3.29. The molecule has 15 heavy (non-hydrogen) atoms. The van der Waals surface area contributed by atoms with Gasteiger partial charge in [0.1, 0.15) is 5.69 Å². The third-order valence-electron chi connectivity index (χ3n) is 2.21. The zero-order chi connectivity index (χ0) is 12.3. The summed E-state index contributed by atoms with van der Waals surface area (Å²) >= 11 is 0. The van der Waals surface area contributed by atoms with Crippen molar-refractivity contribution in [1.29, 1.82) is 0 Å². The predicted octanol–water partition coefficient (Wildman–Crippen LogP) is 0.895. The molecule has 3 heteroatoms. The van der Waals surface area contributed by atoms with E-state index < -0.39 is 6.50 Å². The van der Waals surface area contributed by atoms with Gasteiger partial charge in [0.2, 0.25) is 0 Å². The molecule has 0 N–H and O–H groups in total. The van der Waals surface area contributed by atoms with Crippen LogP contribution >= 0.6 is 0 Å². The van der Waals surface area contributed by atoms with Crippen molar-refractivity contribution in [3.63, 3.8) is 0 Å². The van der Waals surface area contributed by atoms with Gasteiger partial charge in [-0.05, 0) is 11.6 Å². The maximum atomic E-state index is 8.13. The number of hydrogen-bond donors (Lipinski definition) is 0. The molecule has 1 aliphatic heterocycles. The molecule has 78 valence electrons. The zero-order valence-corrected chi connectivity index (χ0v) is 8.44. The number of nitrogens with zero attached hydrogens (tertiary/aromatic N) is 2. The minimum Gasteiger partial charge on any atom is -0.379 e. The molecule has 0 aliphatic carbocycles.